The first-order valence-corrected chi connectivity index (χ1v) is 7.62. The van der Waals surface area contributed by atoms with Crippen LogP contribution in [0.15, 0.2) is 4.52 Å². The van der Waals surface area contributed by atoms with Gasteiger partial charge in [0.25, 0.3) is 0 Å². The maximum absolute atomic E-state index is 5.48. The van der Waals surface area contributed by atoms with Crippen LogP contribution in [0.5, 0.6) is 0 Å². The highest BCUT2D eigenvalue weighted by atomic mass is 32.2. The standard InChI is InChI=1S/C12H19N3OS/c1-13-10-7-17-6-9(10)12-14-11(15-16-12)8-4-2-3-5-8/h8-10,13H,2-7H2,1H3. The number of thioether (sulfide) groups is 1. The average Bonchev–Trinajstić information content (AvgIpc) is 3.09. The minimum atomic E-state index is 0.396. The Morgan fingerprint density at radius 2 is 2.12 bits per heavy atom. The summed E-state index contributed by atoms with van der Waals surface area (Å²) in [5.41, 5.74) is 0. The second kappa shape index (κ2) is 4.98. The van der Waals surface area contributed by atoms with Crippen molar-refractivity contribution >= 4 is 11.8 Å². The first-order valence-electron chi connectivity index (χ1n) is 6.47. The van der Waals surface area contributed by atoms with Crippen molar-refractivity contribution in [1.82, 2.24) is 15.5 Å². The summed E-state index contributed by atoms with van der Waals surface area (Å²) in [5.74, 6) is 4.97. The highest BCUT2D eigenvalue weighted by Crippen LogP contribution is 2.35. The summed E-state index contributed by atoms with van der Waals surface area (Å²) in [7, 11) is 2.01. The molecular formula is C12H19N3OS. The molecule has 4 nitrogen and oxygen atoms in total. The molecule has 0 radical (unpaired) electrons. The summed E-state index contributed by atoms with van der Waals surface area (Å²) < 4.78 is 5.48. The summed E-state index contributed by atoms with van der Waals surface area (Å²) in [4.78, 5) is 4.64. The number of hydrogen-bond donors (Lipinski definition) is 1. The fraction of sp³-hybridized carbons (Fsp3) is 0.833. The quantitative estimate of drug-likeness (QED) is 0.894. The molecular weight excluding hydrogens is 234 g/mol. The van der Waals surface area contributed by atoms with Crippen LogP contribution in [-0.2, 0) is 0 Å². The van der Waals surface area contributed by atoms with Gasteiger partial charge in [-0.05, 0) is 19.9 Å². The van der Waals surface area contributed by atoms with Crippen LogP contribution in [0.2, 0.25) is 0 Å². The Morgan fingerprint density at radius 1 is 1.29 bits per heavy atom. The first kappa shape index (κ1) is 11.5. The van der Waals surface area contributed by atoms with Crippen molar-refractivity contribution in [3.63, 3.8) is 0 Å². The topological polar surface area (TPSA) is 51.0 Å². The molecule has 0 bridgehead atoms. The van der Waals surface area contributed by atoms with E-state index in [-0.39, 0.29) is 0 Å². The fourth-order valence-corrected chi connectivity index (χ4v) is 4.25. The van der Waals surface area contributed by atoms with Gasteiger partial charge >= 0.3 is 0 Å². The maximum Gasteiger partial charge on any atom is 0.232 e. The zero-order chi connectivity index (χ0) is 11.7. The predicted molar refractivity (Wildman–Crippen MR) is 68.4 cm³/mol. The van der Waals surface area contributed by atoms with Crippen LogP contribution in [0, 0.1) is 0 Å². The number of likely N-dealkylation sites (N-methyl/N-ethyl adjacent to an activating group) is 1. The third kappa shape index (κ3) is 2.22. The van der Waals surface area contributed by atoms with Crippen LogP contribution in [0.1, 0.15) is 49.2 Å². The summed E-state index contributed by atoms with van der Waals surface area (Å²) in [6.45, 7) is 0. The SMILES string of the molecule is CNC1CSCC1c1nc(C2CCCC2)no1. The molecule has 1 N–H and O–H groups in total. The van der Waals surface area contributed by atoms with E-state index in [1.54, 1.807) is 0 Å². The van der Waals surface area contributed by atoms with Crippen molar-refractivity contribution in [2.24, 2.45) is 0 Å². The Morgan fingerprint density at radius 3 is 2.88 bits per heavy atom. The fourth-order valence-electron chi connectivity index (χ4n) is 2.83. The van der Waals surface area contributed by atoms with E-state index in [4.69, 9.17) is 4.52 Å². The number of nitrogens with zero attached hydrogens (tertiary/aromatic N) is 2. The molecule has 2 fully saturated rings. The van der Waals surface area contributed by atoms with Gasteiger partial charge in [-0.25, -0.2) is 0 Å². The lowest BCUT2D eigenvalue weighted by atomic mass is 10.0. The molecule has 2 heterocycles. The van der Waals surface area contributed by atoms with Gasteiger partial charge in [-0.15, -0.1) is 0 Å². The van der Waals surface area contributed by atoms with Crippen molar-refractivity contribution in [2.75, 3.05) is 18.6 Å². The molecule has 5 heteroatoms. The van der Waals surface area contributed by atoms with E-state index < -0.39 is 0 Å². The molecule has 0 aromatic carbocycles. The minimum Gasteiger partial charge on any atom is -0.339 e. The third-order valence-electron chi connectivity index (χ3n) is 3.95. The second-order valence-electron chi connectivity index (χ2n) is 5.01. The van der Waals surface area contributed by atoms with Gasteiger partial charge in [-0.2, -0.15) is 16.7 Å². The van der Waals surface area contributed by atoms with Crippen LogP contribution in [0.25, 0.3) is 0 Å². The Kier molecular flexibility index (Phi) is 3.38. The van der Waals surface area contributed by atoms with Crippen molar-refractivity contribution in [3.8, 4) is 0 Å². The molecule has 2 atom stereocenters. The molecule has 17 heavy (non-hydrogen) atoms. The summed E-state index contributed by atoms with van der Waals surface area (Å²) >= 11 is 1.96. The van der Waals surface area contributed by atoms with Gasteiger partial charge in [-0.3, -0.25) is 0 Å². The molecule has 1 aromatic heterocycles. The van der Waals surface area contributed by atoms with Crippen LogP contribution in [0.3, 0.4) is 0 Å². The Labute approximate surface area is 106 Å². The van der Waals surface area contributed by atoms with Gasteiger partial charge in [0.1, 0.15) is 0 Å². The van der Waals surface area contributed by atoms with E-state index in [2.05, 4.69) is 15.5 Å². The smallest absolute Gasteiger partial charge is 0.232 e. The highest BCUT2D eigenvalue weighted by Gasteiger charge is 2.33. The van der Waals surface area contributed by atoms with E-state index in [0.29, 0.717) is 17.9 Å². The molecule has 3 rings (SSSR count). The molecule has 94 valence electrons. The number of rotatable bonds is 3. The molecule has 0 amide bonds. The van der Waals surface area contributed by atoms with E-state index in [0.717, 1.165) is 23.2 Å². The number of nitrogens with one attached hydrogen (secondary N) is 1. The summed E-state index contributed by atoms with van der Waals surface area (Å²) in [6.07, 6.45) is 5.08. The van der Waals surface area contributed by atoms with E-state index >= 15 is 0 Å². The van der Waals surface area contributed by atoms with Crippen molar-refractivity contribution in [2.45, 2.75) is 43.6 Å². The molecule has 1 aromatic rings. The highest BCUT2D eigenvalue weighted by molar-refractivity contribution is 7.99. The lowest BCUT2D eigenvalue weighted by molar-refractivity contribution is 0.338. The molecule has 2 aliphatic rings. The molecule has 0 spiro atoms. The summed E-state index contributed by atoms with van der Waals surface area (Å²) in [5, 5.41) is 7.53. The third-order valence-corrected chi connectivity index (χ3v) is 5.14. The predicted octanol–water partition coefficient (Wildman–Crippen LogP) is 2.15. The zero-order valence-corrected chi connectivity index (χ0v) is 11.0. The van der Waals surface area contributed by atoms with Crippen LogP contribution in [0.4, 0.5) is 0 Å². The van der Waals surface area contributed by atoms with E-state index in [1.165, 1.54) is 25.7 Å². The molecule has 1 aliphatic heterocycles. The van der Waals surface area contributed by atoms with Crippen molar-refractivity contribution in [1.29, 1.82) is 0 Å². The lowest BCUT2D eigenvalue weighted by Gasteiger charge is -2.13. The second-order valence-corrected chi connectivity index (χ2v) is 6.09. The van der Waals surface area contributed by atoms with E-state index in [9.17, 15) is 0 Å². The molecule has 1 saturated carbocycles. The Balaban J connectivity index is 1.75. The normalized spacial score (nSPS) is 30.2. The molecule has 1 saturated heterocycles. The van der Waals surface area contributed by atoms with E-state index in [1.807, 2.05) is 18.8 Å². The minimum absolute atomic E-state index is 0.396. The number of hydrogen-bond acceptors (Lipinski definition) is 5. The monoisotopic (exact) mass is 253 g/mol. The van der Waals surface area contributed by atoms with Crippen LogP contribution < -0.4 is 5.32 Å². The van der Waals surface area contributed by atoms with Crippen LogP contribution >= 0.6 is 11.8 Å². The summed E-state index contributed by atoms with van der Waals surface area (Å²) in [6, 6.07) is 0.483. The van der Waals surface area contributed by atoms with Gasteiger partial charge in [0, 0.05) is 23.5 Å². The first-order chi connectivity index (χ1) is 8.38. The largest absolute Gasteiger partial charge is 0.339 e. The maximum atomic E-state index is 5.48. The van der Waals surface area contributed by atoms with Crippen molar-refractivity contribution < 1.29 is 4.52 Å². The van der Waals surface area contributed by atoms with Gasteiger partial charge in [0.15, 0.2) is 5.82 Å². The Bertz CT molecular complexity index is 376. The zero-order valence-electron chi connectivity index (χ0n) is 10.2. The van der Waals surface area contributed by atoms with Gasteiger partial charge in [0.2, 0.25) is 5.89 Å². The number of aromatic nitrogens is 2. The van der Waals surface area contributed by atoms with Gasteiger partial charge in [0.05, 0.1) is 5.92 Å². The lowest BCUT2D eigenvalue weighted by Crippen LogP contribution is -2.31. The van der Waals surface area contributed by atoms with Crippen LogP contribution in [-0.4, -0.2) is 34.7 Å². The van der Waals surface area contributed by atoms with Gasteiger partial charge < -0.3 is 9.84 Å². The Hall–Kier alpha value is -0.550. The average molecular weight is 253 g/mol. The molecule has 2 unspecified atom stereocenters. The molecule has 1 aliphatic carbocycles. The van der Waals surface area contributed by atoms with Crippen molar-refractivity contribution in [3.05, 3.63) is 11.7 Å². The van der Waals surface area contributed by atoms with Gasteiger partial charge in [-0.1, -0.05) is 18.0 Å².